The van der Waals surface area contributed by atoms with Gasteiger partial charge < -0.3 is 9.47 Å². The van der Waals surface area contributed by atoms with Crippen LogP contribution in [0.2, 0.25) is 0 Å². The molecule has 9 heteroatoms. The molecule has 41 heavy (non-hydrogen) atoms. The van der Waals surface area contributed by atoms with Crippen molar-refractivity contribution in [2.24, 2.45) is 5.10 Å². The molecule has 0 aliphatic rings. The van der Waals surface area contributed by atoms with Crippen LogP contribution < -0.4 is 14.9 Å². The molecule has 4 rings (SSSR count). The number of hydrazone groups is 1. The fraction of sp³-hybridized carbons (Fsp3) is 0.188. The molecule has 4 aromatic carbocycles. The minimum atomic E-state index is -3.91. The van der Waals surface area contributed by atoms with Gasteiger partial charge in [0.15, 0.2) is 11.5 Å². The van der Waals surface area contributed by atoms with Crippen molar-refractivity contribution in [2.45, 2.75) is 24.8 Å². The van der Waals surface area contributed by atoms with Gasteiger partial charge in [0, 0.05) is 6.54 Å². The van der Waals surface area contributed by atoms with Gasteiger partial charge in [-0.25, -0.2) is 13.8 Å². The Morgan fingerprint density at radius 1 is 0.878 bits per heavy atom. The van der Waals surface area contributed by atoms with Gasteiger partial charge in [0.25, 0.3) is 5.91 Å². The Balaban J connectivity index is 1.41. The van der Waals surface area contributed by atoms with Crippen LogP contribution in [0.25, 0.3) is 0 Å². The molecule has 0 bridgehead atoms. The minimum absolute atomic E-state index is 0.133. The quantitative estimate of drug-likeness (QED) is 0.181. The number of methoxy groups -OCH3 is 1. The van der Waals surface area contributed by atoms with E-state index in [2.05, 4.69) is 10.5 Å². The predicted molar refractivity (Wildman–Crippen MR) is 160 cm³/mol. The lowest BCUT2D eigenvalue weighted by molar-refractivity contribution is -0.121. The largest absolute Gasteiger partial charge is 0.493 e. The van der Waals surface area contributed by atoms with Crippen LogP contribution in [0.3, 0.4) is 0 Å². The van der Waals surface area contributed by atoms with Crippen LogP contribution in [0.1, 0.15) is 22.3 Å². The van der Waals surface area contributed by atoms with Crippen LogP contribution in [-0.4, -0.2) is 45.0 Å². The highest BCUT2D eigenvalue weighted by atomic mass is 32.2. The molecule has 0 aliphatic heterocycles. The molecular weight excluding hydrogens is 538 g/mol. The lowest BCUT2D eigenvalue weighted by Crippen LogP contribution is -2.40. The number of carbonyl (C=O) groups excluding carboxylic acids is 1. The number of rotatable bonds is 13. The molecule has 0 unspecified atom stereocenters. The van der Waals surface area contributed by atoms with Gasteiger partial charge in [-0.1, -0.05) is 78.4 Å². The van der Waals surface area contributed by atoms with Gasteiger partial charge in [-0.15, -0.1) is 0 Å². The third-order valence-corrected chi connectivity index (χ3v) is 8.16. The first-order valence-electron chi connectivity index (χ1n) is 13.1. The summed E-state index contributed by atoms with van der Waals surface area (Å²) in [6.45, 7) is 2.04. The van der Waals surface area contributed by atoms with Gasteiger partial charge in [0.1, 0.15) is 6.61 Å². The van der Waals surface area contributed by atoms with Crippen LogP contribution in [0, 0.1) is 6.92 Å². The fourth-order valence-corrected chi connectivity index (χ4v) is 5.43. The molecule has 0 fully saturated rings. The monoisotopic (exact) mass is 571 g/mol. The molecule has 0 heterocycles. The van der Waals surface area contributed by atoms with E-state index in [0.29, 0.717) is 30.1 Å². The van der Waals surface area contributed by atoms with Gasteiger partial charge in [0.2, 0.25) is 10.0 Å². The van der Waals surface area contributed by atoms with E-state index in [1.165, 1.54) is 10.5 Å². The highest BCUT2D eigenvalue weighted by Gasteiger charge is 2.26. The van der Waals surface area contributed by atoms with Crippen LogP contribution >= 0.6 is 0 Å². The zero-order valence-electron chi connectivity index (χ0n) is 23.1. The number of ether oxygens (including phenoxy) is 2. The summed E-state index contributed by atoms with van der Waals surface area (Å²) in [7, 11) is -2.36. The Morgan fingerprint density at radius 2 is 1.54 bits per heavy atom. The van der Waals surface area contributed by atoms with Crippen molar-refractivity contribution >= 4 is 22.1 Å². The summed E-state index contributed by atoms with van der Waals surface area (Å²) in [6.07, 6.45) is 1.92. The predicted octanol–water partition coefficient (Wildman–Crippen LogP) is 4.97. The Labute approximate surface area is 241 Å². The average Bonchev–Trinajstić information content (AvgIpc) is 2.99. The second-order valence-corrected chi connectivity index (χ2v) is 11.3. The Bertz CT molecular complexity index is 1560. The van der Waals surface area contributed by atoms with Crippen molar-refractivity contribution in [3.8, 4) is 11.5 Å². The Hall–Kier alpha value is -4.47. The van der Waals surface area contributed by atoms with E-state index in [4.69, 9.17) is 9.47 Å². The van der Waals surface area contributed by atoms with Crippen molar-refractivity contribution in [1.82, 2.24) is 9.73 Å². The number of benzene rings is 4. The van der Waals surface area contributed by atoms with E-state index >= 15 is 0 Å². The highest BCUT2D eigenvalue weighted by molar-refractivity contribution is 7.89. The first kappa shape index (κ1) is 29.5. The summed E-state index contributed by atoms with van der Waals surface area (Å²) in [5, 5.41) is 4.04. The maximum atomic E-state index is 13.4. The van der Waals surface area contributed by atoms with Crippen LogP contribution in [0.15, 0.2) is 113 Å². The molecule has 0 aliphatic carbocycles. The van der Waals surface area contributed by atoms with Crippen LogP contribution in [0.4, 0.5) is 0 Å². The summed E-state index contributed by atoms with van der Waals surface area (Å²) in [5.41, 5.74) is 6.06. The van der Waals surface area contributed by atoms with E-state index in [9.17, 15) is 13.2 Å². The van der Waals surface area contributed by atoms with Gasteiger partial charge >= 0.3 is 0 Å². The maximum absolute atomic E-state index is 13.4. The SMILES string of the molecule is COc1cc(/C=N\NC(=O)CN(CCc2ccccc2)S(=O)(=O)c2ccc(C)cc2)ccc1OCc1ccccc1. The molecular formula is C32H33N3O5S. The van der Waals surface area contributed by atoms with E-state index in [0.717, 1.165) is 16.7 Å². The molecule has 0 radical (unpaired) electrons. The van der Waals surface area contributed by atoms with Crippen molar-refractivity contribution in [3.63, 3.8) is 0 Å². The highest BCUT2D eigenvalue weighted by Crippen LogP contribution is 2.28. The lowest BCUT2D eigenvalue weighted by Gasteiger charge is -2.21. The number of hydrogen-bond donors (Lipinski definition) is 1. The third kappa shape index (κ3) is 8.51. The second kappa shape index (κ2) is 14.2. The Morgan fingerprint density at radius 3 is 2.20 bits per heavy atom. The van der Waals surface area contributed by atoms with E-state index < -0.39 is 15.9 Å². The summed E-state index contributed by atoms with van der Waals surface area (Å²) in [4.78, 5) is 12.9. The normalized spacial score (nSPS) is 11.5. The minimum Gasteiger partial charge on any atom is -0.493 e. The molecule has 0 spiro atoms. The van der Waals surface area contributed by atoms with E-state index in [-0.39, 0.29) is 18.0 Å². The molecule has 4 aromatic rings. The van der Waals surface area contributed by atoms with E-state index in [1.54, 1.807) is 49.6 Å². The number of aryl methyl sites for hydroxylation is 1. The maximum Gasteiger partial charge on any atom is 0.255 e. The van der Waals surface area contributed by atoms with Gasteiger partial charge in [0.05, 0.1) is 24.8 Å². The summed E-state index contributed by atoms with van der Waals surface area (Å²) in [5.74, 6) is 0.542. The number of nitrogens with zero attached hydrogens (tertiary/aromatic N) is 2. The van der Waals surface area contributed by atoms with Gasteiger partial charge in [-0.05, 0) is 60.4 Å². The zero-order chi connectivity index (χ0) is 29.1. The second-order valence-electron chi connectivity index (χ2n) is 9.36. The summed E-state index contributed by atoms with van der Waals surface area (Å²) in [6, 6.07) is 31.2. The number of sulfonamides is 1. The molecule has 0 saturated carbocycles. The lowest BCUT2D eigenvalue weighted by atomic mass is 10.1. The summed E-state index contributed by atoms with van der Waals surface area (Å²) < 4.78 is 39.4. The fourth-order valence-electron chi connectivity index (χ4n) is 4.04. The number of nitrogens with one attached hydrogen (secondary N) is 1. The smallest absolute Gasteiger partial charge is 0.255 e. The average molecular weight is 572 g/mol. The van der Waals surface area contributed by atoms with Crippen LogP contribution in [0.5, 0.6) is 11.5 Å². The topological polar surface area (TPSA) is 97.3 Å². The number of amides is 1. The zero-order valence-corrected chi connectivity index (χ0v) is 23.9. The molecule has 0 saturated heterocycles. The molecule has 0 aromatic heterocycles. The molecule has 0 atom stereocenters. The van der Waals surface area contributed by atoms with Crippen molar-refractivity contribution in [3.05, 3.63) is 125 Å². The summed E-state index contributed by atoms with van der Waals surface area (Å²) >= 11 is 0. The van der Waals surface area contributed by atoms with Crippen molar-refractivity contribution < 1.29 is 22.7 Å². The van der Waals surface area contributed by atoms with E-state index in [1.807, 2.05) is 67.6 Å². The standard InChI is InChI=1S/C32H33N3O5S/c1-25-13-16-29(17-14-25)41(37,38)35(20-19-26-9-5-3-6-10-26)23-32(36)34-33-22-28-15-18-30(31(21-28)39-2)40-24-27-11-7-4-8-12-27/h3-18,21-22H,19-20,23-24H2,1-2H3,(H,34,36)/b33-22-. The first-order chi connectivity index (χ1) is 19.8. The van der Waals surface area contributed by atoms with Gasteiger partial charge in [-0.3, -0.25) is 4.79 Å². The Kier molecular flexibility index (Phi) is 10.3. The third-order valence-electron chi connectivity index (χ3n) is 6.30. The van der Waals surface area contributed by atoms with Crippen LogP contribution in [-0.2, 0) is 27.8 Å². The number of carbonyl (C=O) groups is 1. The van der Waals surface area contributed by atoms with Crippen molar-refractivity contribution in [2.75, 3.05) is 20.2 Å². The molecule has 1 amide bonds. The molecule has 1 N–H and O–H groups in total. The van der Waals surface area contributed by atoms with Crippen molar-refractivity contribution in [1.29, 1.82) is 0 Å². The number of hydrogen-bond acceptors (Lipinski definition) is 6. The molecule has 8 nitrogen and oxygen atoms in total. The molecule has 212 valence electrons. The first-order valence-corrected chi connectivity index (χ1v) is 14.6. The van der Waals surface area contributed by atoms with Gasteiger partial charge in [-0.2, -0.15) is 9.41 Å².